The highest BCUT2D eigenvalue weighted by molar-refractivity contribution is 7.89. The quantitative estimate of drug-likeness (QED) is 0.902. The van der Waals surface area contributed by atoms with Gasteiger partial charge in [-0.3, -0.25) is 0 Å². The average molecular weight is 284 g/mol. The molecule has 0 aliphatic carbocycles. The van der Waals surface area contributed by atoms with Crippen LogP contribution in [0, 0.1) is 31.0 Å². The monoisotopic (exact) mass is 284 g/mol. The van der Waals surface area contributed by atoms with E-state index in [2.05, 4.69) is 4.72 Å². The third-order valence-corrected chi connectivity index (χ3v) is 4.67. The largest absolute Gasteiger partial charge is 0.241 e. The molecule has 0 amide bonds. The van der Waals surface area contributed by atoms with Crippen molar-refractivity contribution in [2.75, 3.05) is 0 Å². The molecule has 104 valence electrons. The zero-order chi connectivity index (χ0) is 14.6. The van der Waals surface area contributed by atoms with Gasteiger partial charge in [-0.05, 0) is 43.5 Å². The second-order valence-electron chi connectivity index (χ2n) is 4.46. The number of halogens is 1. The molecular weight excluding hydrogens is 267 g/mol. The first-order valence-corrected chi connectivity index (χ1v) is 7.46. The normalized spacial score (nSPS) is 13.0. The maximum Gasteiger partial charge on any atom is 0.241 e. The lowest BCUT2D eigenvalue weighted by Crippen LogP contribution is -2.34. The topological polar surface area (TPSA) is 70.0 Å². The van der Waals surface area contributed by atoms with E-state index in [1.807, 2.05) is 6.07 Å². The van der Waals surface area contributed by atoms with Crippen LogP contribution in [0.2, 0.25) is 0 Å². The first kappa shape index (κ1) is 15.6. The van der Waals surface area contributed by atoms with Gasteiger partial charge in [-0.2, -0.15) is 5.26 Å². The Morgan fingerprint density at radius 2 is 1.89 bits per heavy atom. The van der Waals surface area contributed by atoms with E-state index in [1.165, 1.54) is 12.1 Å². The highest BCUT2D eigenvalue weighted by Crippen LogP contribution is 2.22. The van der Waals surface area contributed by atoms with Gasteiger partial charge in [0.2, 0.25) is 10.0 Å². The van der Waals surface area contributed by atoms with Crippen LogP contribution in [0.25, 0.3) is 0 Å². The van der Waals surface area contributed by atoms with Crippen LogP contribution < -0.4 is 4.72 Å². The summed E-state index contributed by atoms with van der Waals surface area (Å²) in [5.41, 5.74) is 0.716. The Kier molecular flexibility index (Phi) is 5.04. The second-order valence-corrected chi connectivity index (χ2v) is 6.11. The van der Waals surface area contributed by atoms with Crippen molar-refractivity contribution in [3.8, 4) is 6.07 Å². The summed E-state index contributed by atoms with van der Waals surface area (Å²) in [7, 11) is -3.74. The van der Waals surface area contributed by atoms with Gasteiger partial charge in [-0.25, -0.2) is 17.5 Å². The van der Waals surface area contributed by atoms with E-state index in [4.69, 9.17) is 5.26 Å². The molecule has 0 heterocycles. The summed E-state index contributed by atoms with van der Waals surface area (Å²) in [5, 5.41) is 8.65. The molecule has 1 atom stereocenters. The van der Waals surface area contributed by atoms with Gasteiger partial charge < -0.3 is 0 Å². The molecule has 1 N–H and O–H groups in total. The number of rotatable bonds is 5. The van der Waals surface area contributed by atoms with E-state index in [0.717, 1.165) is 0 Å². The Morgan fingerprint density at radius 3 is 2.32 bits per heavy atom. The van der Waals surface area contributed by atoms with Gasteiger partial charge in [0, 0.05) is 6.04 Å². The summed E-state index contributed by atoms with van der Waals surface area (Å²) in [6.07, 6.45) is 0.626. The van der Waals surface area contributed by atoms with E-state index in [0.29, 0.717) is 17.5 Å². The van der Waals surface area contributed by atoms with Crippen molar-refractivity contribution in [1.82, 2.24) is 4.72 Å². The summed E-state index contributed by atoms with van der Waals surface area (Å²) < 4.78 is 40.2. The minimum absolute atomic E-state index is 0.0882. The number of hydrogen-bond acceptors (Lipinski definition) is 3. The molecular formula is C13H17FN2O2S. The molecule has 0 saturated heterocycles. The van der Waals surface area contributed by atoms with Crippen LogP contribution in [-0.2, 0) is 10.0 Å². The molecule has 1 aromatic carbocycles. The fraction of sp³-hybridized carbons (Fsp3) is 0.462. The van der Waals surface area contributed by atoms with Gasteiger partial charge in [-0.1, -0.05) is 6.92 Å². The van der Waals surface area contributed by atoms with Gasteiger partial charge >= 0.3 is 0 Å². The molecule has 19 heavy (non-hydrogen) atoms. The summed E-state index contributed by atoms with van der Waals surface area (Å²) in [4.78, 5) is 0.0882. The third-order valence-electron chi connectivity index (χ3n) is 2.85. The number of sulfonamides is 1. The molecule has 0 saturated carbocycles. The highest BCUT2D eigenvalue weighted by atomic mass is 32.2. The van der Waals surface area contributed by atoms with Crippen LogP contribution in [0.3, 0.4) is 0 Å². The van der Waals surface area contributed by atoms with Crippen molar-refractivity contribution < 1.29 is 12.8 Å². The molecule has 0 radical (unpaired) electrons. The van der Waals surface area contributed by atoms with Crippen LogP contribution in [0.1, 0.15) is 30.9 Å². The summed E-state index contributed by atoms with van der Waals surface area (Å²) in [5.74, 6) is -0.460. The molecule has 6 heteroatoms. The van der Waals surface area contributed by atoms with Crippen molar-refractivity contribution in [3.63, 3.8) is 0 Å². The van der Waals surface area contributed by atoms with E-state index in [-0.39, 0.29) is 11.3 Å². The lowest BCUT2D eigenvalue weighted by molar-refractivity contribution is 0.541. The Hall–Kier alpha value is -1.45. The summed E-state index contributed by atoms with van der Waals surface area (Å²) >= 11 is 0. The van der Waals surface area contributed by atoms with E-state index in [9.17, 15) is 12.8 Å². The van der Waals surface area contributed by atoms with Crippen molar-refractivity contribution in [1.29, 1.82) is 5.26 Å². The molecule has 1 aromatic rings. The maximum absolute atomic E-state index is 13.2. The zero-order valence-corrected chi connectivity index (χ0v) is 12.0. The fourth-order valence-corrected chi connectivity index (χ4v) is 3.75. The minimum Gasteiger partial charge on any atom is -0.207 e. The number of nitriles is 1. The fourth-order valence-electron chi connectivity index (χ4n) is 1.98. The van der Waals surface area contributed by atoms with Crippen LogP contribution in [0.15, 0.2) is 17.0 Å². The predicted octanol–water partition coefficient (Wildman–Crippen LogP) is 2.41. The molecule has 0 aromatic heterocycles. The second kappa shape index (κ2) is 6.13. The Balaban J connectivity index is 3.18. The van der Waals surface area contributed by atoms with Crippen molar-refractivity contribution in [3.05, 3.63) is 29.1 Å². The predicted molar refractivity (Wildman–Crippen MR) is 70.5 cm³/mol. The summed E-state index contributed by atoms with van der Waals surface area (Å²) in [6.45, 7) is 4.90. The van der Waals surface area contributed by atoms with Gasteiger partial charge in [0.1, 0.15) is 5.82 Å². The number of nitrogens with zero attached hydrogens (tertiary/aromatic N) is 1. The van der Waals surface area contributed by atoms with Crippen LogP contribution in [0.5, 0.6) is 0 Å². The average Bonchev–Trinajstić information content (AvgIpc) is 2.25. The molecule has 0 bridgehead atoms. The maximum atomic E-state index is 13.2. The van der Waals surface area contributed by atoms with Crippen molar-refractivity contribution >= 4 is 10.0 Å². The van der Waals surface area contributed by atoms with Gasteiger partial charge in [0.05, 0.1) is 17.4 Å². The number of hydrogen-bond donors (Lipinski definition) is 1. The number of aryl methyl sites for hydroxylation is 2. The molecule has 4 nitrogen and oxygen atoms in total. The smallest absolute Gasteiger partial charge is 0.207 e. The van der Waals surface area contributed by atoms with Crippen molar-refractivity contribution in [2.24, 2.45) is 0 Å². The SMILES string of the molecule is CCC(CC#N)NS(=O)(=O)c1c(C)cc(F)cc1C. The lowest BCUT2D eigenvalue weighted by atomic mass is 10.1. The van der Waals surface area contributed by atoms with Crippen LogP contribution in [-0.4, -0.2) is 14.5 Å². The summed E-state index contributed by atoms with van der Waals surface area (Å²) in [6, 6.07) is 3.89. The first-order chi connectivity index (χ1) is 8.81. The molecule has 1 unspecified atom stereocenters. The van der Waals surface area contributed by atoms with E-state index in [1.54, 1.807) is 20.8 Å². The molecule has 0 spiro atoms. The first-order valence-electron chi connectivity index (χ1n) is 5.97. The van der Waals surface area contributed by atoms with E-state index >= 15 is 0 Å². The number of benzene rings is 1. The standard InChI is InChI=1S/C13H17FN2O2S/c1-4-12(5-6-15)16-19(17,18)13-9(2)7-11(14)8-10(13)3/h7-8,12,16H,4-5H2,1-3H3. The molecule has 0 fully saturated rings. The Bertz CT molecular complexity index is 583. The van der Waals surface area contributed by atoms with Crippen LogP contribution in [0.4, 0.5) is 4.39 Å². The molecule has 0 aliphatic heterocycles. The van der Waals surface area contributed by atoms with Gasteiger partial charge in [-0.15, -0.1) is 0 Å². The minimum atomic E-state index is -3.74. The highest BCUT2D eigenvalue weighted by Gasteiger charge is 2.23. The Labute approximate surface area is 113 Å². The number of nitrogens with one attached hydrogen (secondary N) is 1. The molecule has 0 aliphatic rings. The van der Waals surface area contributed by atoms with Crippen molar-refractivity contribution in [2.45, 2.75) is 44.6 Å². The van der Waals surface area contributed by atoms with Gasteiger partial charge in [0.15, 0.2) is 0 Å². The Morgan fingerprint density at radius 1 is 1.37 bits per heavy atom. The van der Waals surface area contributed by atoms with E-state index < -0.39 is 21.9 Å². The van der Waals surface area contributed by atoms with Gasteiger partial charge in [0.25, 0.3) is 0 Å². The molecule has 1 rings (SSSR count). The third kappa shape index (κ3) is 3.75. The zero-order valence-electron chi connectivity index (χ0n) is 11.2. The van der Waals surface area contributed by atoms with Crippen LogP contribution >= 0.6 is 0 Å². The lowest BCUT2D eigenvalue weighted by Gasteiger charge is -2.17.